The van der Waals surface area contributed by atoms with Gasteiger partial charge in [-0.2, -0.15) is 0 Å². The van der Waals surface area contributed by atoms with E-state index < -0.39 is 0 Å². The second-order valence-corrected chi connectivity index (χ2v) is 6.37. The van der Waals surface area contributed by atoms with Gasteiger partial charge >= 0.3 is 0 Å². The van der Waals surface area contributed by atoms with Crippen LogP contribution in [-0.2, 0) is 0 Å². The summed E-state index contributed by atoms with van der Waals surface area (Å²) in [5, 5.41) is 0.695. The highest BCUT2D eigenvalue weighted by atomic mass is 79.9. The van der Waals surface area contributed by atoms with Gasteiger partial charge in [-0.15, -0.1) is 11.3 Å². The van der Waals surface area contributed by atoms with Crippen LogP contribution in [0.1, 0.15) is 11.0 Å². The maximum atomic E-state index is 5.82. The van der Waals surface area contributed by atoms with Gasteiger partial charge in [0.25, 0.3) is 0 Å². The van der Waals surface area contributed by atoms with Gasteiger partial charge in [0.2, 0.25) is 0 Å². The average molecular weight is 333 g/mol. The summed E-state index contributed by atoms with van der Waals surface area (Å²) in [7, 11) is 0. The summed E-state index contributed by atoms with van der Waals surface area (Å²) in [4.78, 5) is 1.11. The van der Waals surface area contributed by atoms with Crippen LogP contribution in [0.15, 0.2) is 40.2 Å². The maximum Gasteiger partial charge on any atom is 0.145 e. The van der Waals surface area contributed by atoms with Crippen LogP contribution in [0.2, 0.25) is 5.02 Å². The topological polar surface area (TPSA) is 35.2 Å². The number of rotatable bonds is 4. The molecule has 0 bridgehead atoms. The van der Waals surface area contributed by atoms with Crippen molar-refractivity contribution in [2.75, 3.05) is 6.54 Å². The fourth-order valence-corrected chi connectivity index (χ4v) is 2.99. The minimum atomic E-state index is -0.118. The summed E-state index contributed by atoms with van der Waals surface area (Å²) in [5.74, 6) is 0.773. The van der Waals surface area contributed by atoms with Crippen LogP contribution in [0.4, 0.5) is 0 Å². The lowest BCUT2D eigenvalue weighted by atomic mass is 10.3. The number of ether oxygens (including phenoxy) is 1. The van der Waals surface area contributed by atoms with Crippen molar-refractivity contribution in [3.05, 3.63) is 50.1 Å². The molecule has 0 fully saturated rings. The molecule has 2 aromatic rings. The quantitative estimate of drug-likeness (QED) is 0.908. The zero-order valence-corrected chi connectivity index (χ0v) is 12.1. The Bertz CT molecular complexity index is 486. The van der Waals surface area contributed by atoms with Gasteiger partial charge in [0.15, 0.2) is 0 Å². The molecule has 0 spiro atoms. The highest BCUT2D eigenvalue weighted by Crippen LogP contribution is 2.30. The van der Waals surface area contributed by atoms with E-state index in [1.807, 2.05) is 24.3 Å². The lowest BCUT2D eigenvalue weighted by Gasteiger charge is -2.15. The monoisotopic (exact) mass is 331 g/mol. The normalized spacial score (nSPS) is 12.4. The van der Waals surface area contributed by atoms with Crippen molar-refractivity contribution in [3.8, 4) is 5.75 Å². The molecule has 0 aliphatic rings. The molecular weight excluding hydrogens is 322 g/mol. The molecule has 0 saturated carbocycles. The van der Waals surface area contributed by atoms with Crippen molar-refractivity contribution in [2.45, 2.75) is 6.10 Å². The van der Waals surface area contributed by atoms with Crippen LogP contribution in [0.25, 0.3) is 0 Å². The summed E-state index contributed by atoms with van der Waals surface area (Å²) in [6.45, 7) is 0.440. The lowest BCUT2D eigenvalue weighted by molar-refractivity contribution is 0.218. The predicted octanol–water partition coefficient (Wildman–Crippen LogP) is 4.24. The first-order valence-corrected chi connectivity index (χ1v) is 7.05. The van der Waals surface area contributed by atoms with E-state index in [1.54, 1.807) is 23.5 Å². The van der Waals surface area contributed by atoms with E-state index in [4.69, 9.17) is 22.1 Å². The Kier molecular flexibility index (Phi) is 4.45. The Balaban J connectivity index is 2.12. The minimum absolute atomic E-state index is 0.118. The highest BCUT2D eigenvalue weighted by molar-refractivity contribution is 9.11. The van der Waals surface area contributed by atoms with Crippen molar-refractivity contribution in [1.29, 1.82) is 0 Å². The SMILES string of the molecule is NCC(Oc1ccc(Cl)cc1)c1ccc(Br)s1. The zero-order valence-electron chi connectivity index (χ0n) is 8.90. The summed E-state index contributed by atoms with van der Waals surface area (Å²) < 4.78 is 6.90. The molecule has 1 heterocycles. The van der Waals surface area contributed by atoms with E-state index in [2.05, 4.69) is 15.9 Å². The molecule has 1 aromatic heterocycles. The summed E-state index contributed by atoms with van der Waals surface area (Å²) >= 11 is 10.9. The van der Waals surface area contributed by atoms with Gasteiger partial charge in [-0.3, -0.25) is 0 Å². The van der Waals surface area contributed by atoms with Crippen molar-refractivity contribution in [3.63, 3.8) is 0 Å². The lowest BCUT2D eigenvalue weighted by Crippen LogP contribution is -2.17. The Morgan fingerprint density at radius 1 is 1.24 bits per heavy atom. The smallest absolute Gasteiger partial charge is 0.145 e. The van der Waals surface area contributed by atoms with Crippen LogP contribution >= 0.6 is 38.9 Å². The van der Waals surface area contributed by atoms with Gasteiger partial charge in [0.1, 0.15) is 11.9 Å². The Hall–Kier alpha value is -0.550. The van der Waals surface area contributed by atoms with Gasteiger partial charge in [-0.25, -0.2) is 0 Å². The van der Waals surface area contributed by atoms with Crippen LogP contribution in [-0.4, -0.2) is 6.54 Å². The molecule has 2 nitrogen and oxygen atoms in total. The molecule has 0 saturated heterocycles. The molecule has 90 valence electrons. The first-order chi connectivity index (χ1) is 8.19. The van der Waals surface area contributed by atoms with Gasteiger partial charge in [0.05, 0.1) is 3.79 Å². The Labute approximate surface area is 117 Å². The number of nitrogens with two attached hydrogens (primary N) is 1. The number of hydrogen-bond donors (Lipinski definition) is 1. The van der Waals surface area contributed by atoms with Crippen molar-refractivity contribution in [1.82, 2.24) is 0 Å². The molecule has 0 amide bonds. The van der Waals surface area contributed by atoms with E-state index in [1.165, 1.54) is 0 Å². The maximum absolute atomic E-state index is 5.82. The third kappa shape index (κ3) is 3.45. The molecule has 0 aliphatic carbocycles. The standard InChI is InChI=1S/C12H11BrClNOS/c13-12-6-5-11(17-12)10(7-15)16-9-3-1-8(14)2-4-9/h1-6,10H,7,15H2. The van der Waals surface area contributed by atoms with Crippen molar-refractivity contribution in [2.24, 2.45) is 5.73 Å². The highest BCUT2D eigenvalue weighted by Gasteiger charge is 2.13. The third-order valence-electron chi connectivity index (χ3n) is 2.22. The fourth-order valence-electron chi connectivity index (χ4n) is 1.40. The van der Waals surface area contributed by atoms with Crippen LogP contribution < -0.4 is 10.5 Å². The van der Waals surface area contributed by atoms with E-state index in [-0.39, 0.29) is 6.10 Å². The number of halogens is 2. The van der Waals surface area contributed by atoms with Crippen LogP contribution in [0.3, 0.4) is 0 Å². The molecule has 5 heteroatoms. The molecule has 1 unspecified atom stereocenters. The summed E-state index contributed by atoms with van der Waals surface area (Å²) in [5.41, 5.74) is 5.73. The zero-order chi connectivity index (χ0) is 12.3. The van der Waals surface area contributed by atoms with Crippen molar-refractivity contribution >= 4 is 38.9 Å². The fraction of sp³-hybridized carbons (Fsp3) is 0.167. The van der Waals surface area contributed by atoms with E-state index >= 15 is 0 Å². The predicted molar refractivity (Wildman–Crippen MR) is 75.9 cm³/mol. The Morgan fingerprint density at radius 2 is 1.94 bits per heavy atom. The molecular formula is C12H11BrClNOS. The molecule has 2 N–H and O–H groups in total. The van der Waals surface area contributed by atoms with E-state index in [9.17, 15) is 0 Å². The number of thiophene rings is 1. The summed E-state index contributed by atoms with van der Waals surface area (Å²) in [6.07, 6.45) is -0.118. The molecule has 1 aromatic carbocycles. The van der Waals surface area contributed by atoms with Gasteiger partial charge < -0.3 is 10.5 Å². The second kappa shape index (κ2) is 5.87. The van der Waals surface area contributed by atoms with Gasteiger partial charge in [0, 0.05) is 16.4 Å². The van der Waals surface area contributed by atoms with Crippen molar-refractivity contribution < 1.29 is 4.74 Å². The number of benzene rings is 1. The first kappa shape index (κ1) is 12.9. The molecule has 1 atom stereocenters. The first-order valence-electron chi connectivity index (χ1n) is 5.06. The molecule has 0 aliphatic heterocycles. The van der Waals surface area contributed by atoms with E-state index in [0.29, 0.717) is 11.6 Å². The average Bonchev–Trinajstić information content (AvgIpc) is 2.75. The van der Waals surface area contributed by atoms with Crippen LogP contribution in [0, 0.1) is 0 Å². The molecule has 17 heavy (non-hydrogen) atoms. The van der Waals surface area contributed by atoms with E-state index in [0.717, 1.165) is 14.4 Å². The summed E-state index contributed by atoms with van der Waals surface area (Å²) in [6, 6.07) is 11.3. The third-order valence-corrected chi connectivity index (χ3v) is 4.19. The second-order valence-electron chi connectivity index (χ2n) is 3.44. The molecule has 2 rings (SSSR count). The largest absolute Gasteiger partial charge is 0.484 e. The number of hydrogen-bond acceptors (Lipinski definition) is 3. The molecule has 0 radical (unpaired) electrons. The van der Waals surface area contributed by atoms with Gasteiger partial charge in [-0.1, -0.05) is 11.6 Å². The van der Waals surface area contributed by atoms with Gasteiger partial charge in [-0.05, 0) is 52.3 Å². The van der Waals surface area contributed by atoms with Crippen LogP contribution in [0.5, 0.6) is 5.75 Å². The minimum Gasteiger partial charge on any atom is -0.484 e. The Morgan fingerprint density at radius 3 is 2.47 bits per heavy atom.